The van der Waals surface area contributed by atoms with Gasteiger partial charge in [-0.05, 0) is 12.8 Å². The van der Waals surface area contributed by atoms with Crippen LogP contribution in [0.2, 0.25) is 0 Å². The Balaban J connectivity index is 3.10. The van der Waals surface area contributed by atoms with Gasteiger partial charge < -0.3 is 5.32 Å². The highest BCUT2D eigenvalue weighted by molar-refractivity contribution is 5.75. The first-order valence-corrected chi connectivity index (χ1v) is 8.58. The van der Waals surface area contributed by atoms with Gasteiger partial charge in [0, 0.05) is 13.0 Å². The van der Waals surface area contributed by atoms with Gasteiger partial charge in [0.15, 0.2) is 0 Å². The Bertz CT molecular complexity index is 192. The SMILES string of the molecule is CCCCCCCCCCNC(=O)CCCCCC. The topological polar surface area (TPSA) is 29.1 Å². The second-order valence-electron chi connectivity index (χ2n) is 5.64. The highest BCUT2D eigenvalue weighted by Crippen LogP contribution is 2.08. The number of unbranched alkanes of at least 4 members (excludes halogenated alkanes) is 10. The van der Waals surface area contributed by atoms with E-state index < -0.39 is 0 Å². The Morgan fingerprint density at radius 2 is 1.16 bits per heavy atom. The zero-order valence-electron chi connectivity index (χ0n) is 13.3. The Morgan fingerprint density at radius 3 is 1.74 bits per heavy atom. The van der Waals surface area contributed by atoms with Crippen molar-refractivity contribution in [1.29, 1.82) is 0 Å². The largest absolute Gasteiger partial charge is 0.356 e. The van der Waals surface area contributed by atoms with Crippen LogP contribution in [0.1, 0.15) is 97.3 Å². The third-order valence-corrected chi connectivity index (χ3v) is 3.61. The summed E-state index contributed by atoms with van der Waals surface area (Å²) >= 11 is 0. The molecular formula is C17H35NO. The van der Waals surface area contributed by atoms with Gasteiger partial charge in [0.2, 0.25) is 5.91 Å². The van der Waals surface area contributed by atoms with Crippen LogP contribution in [0.15, 0.2) is 0 Å². The third kappa shape index (κ3) is 15.4. The maximum atomic E-state index is 11.5. The number of rotatable bonds is 14. The van der Waals surface area contributed by atoms with Gasteiger partial charge in [-0.25, -0.2) is 0 Å². The third-order valence-electron chi connectivity index (χ3n) is 3.61. The van der Waals surface area contributed by atoms with Gasteiger partial charge in [-0.15, -0.1) is 0 Å². The average Bonchev–Trinajstić information content (AvgIpc) is 2.42. The fraction of sp³-hybridized carbons (Fsp3) is 0.941. The van der Waals surface area contributed by atoms with Gasteiger partial charge in [0.1, 0.15) is 0 Å². The van der Waals surface area contributed by atoms with Gasteiger partial charge in [-0.3, -0.25) is 4.79 Å². The van der Waals surface area contributed by atoms with Crippen LogP contribution in [0.5, 0.6) is 0 Å². The lowest BCUT2D eigenvalue weighted by molar-refractivity contribution is -0.121. The molecule has 1 amide bonds. The van der Waals surface area contributed by atoms with E-state index in [0.29, 0.717) is 0 Å². The molecule has 114 valence electrons. The van der Waals surface area contributed by atoms with Crippen LogP contribution in [-0.4, -0.2) is 12.5 Å². The number of amides is 1. The summed E-state index contributed by atoms with van der Waals surface area (Å²) < 4.78 is 0. The number of hydrogen-bond donors (Lipinski definition) is 1. The number of nitrogens with one attached hydrogen (secondary N) is 1. The van der Waals surface area contributed by atoms with Crippen molar-refractivity contribution in [3.63, 3.8) is 0 Å². The molecule has 0 aromatic carbocycles. The molecule has 0 unspecified atom stereocenters. The van der Waals surface area contributed by atoms with Crippen LogP contribution in [-0.2, 0) is 4.79 Å². The monoisotopic (exact) mass is 269 g/mol. The van der Waals surface area contributed by atoms with Crippen LogP contribution in [0.4, 0.5) is 0 Å². The van der Waals surface area contributed by atoms with E-state index in [1.165, 1.54) is 64.2 Å². The maximum Gasteiger partial charge on any atom is 0.219 e. The maximum absolute atomic E-state index is 11.5. The summed E-state index contributed by atoms with van der Waals surface area (Å²) in [6.07, 6.45) is 16.1. The Labute approximate surface area is 120 Å². The molecule has 0 heterocycles. The predicted octanol–water partition coefficient (Wildman–Crippen LogP) is 5.21. The lowest BCUT2D eigenvalue weighted by atomic mass is 10.1. The van der Waals surface area contributed by atoms with Crippen molar-refractivity contribution < 1.29 is 4.79 Å². The lowest BCUT2D eigenvalue weighted by Gasteiger charge is -2.05. The normalized spacial score (nSPS) is 10.6. The summed E-state index contributed by atoms with van der Waals surface area (Å²) in [7, 11) is 0. The predicted molar refractivity (Wildman–Crippen MR) is 84.4 cm³/mol. The van der Waals surface area contributed by atoms with E-state index in [1.54, 1.807) is 0 Å². The van der Waals surface area contributed by atoms with E-state index in [0.717, 1.165) is 25.8 Å². The molecule has 0 atom stereocenters. The quantitative estimate of drug-likeness (QED) is 0.431. The van der Waals surface area contributed by atoms with Gasteiger partial charge in [-0.2, -0.15) is 0 Å². The molecule has 0 aliphatic carbocycles. The zero-order valence-corrected chi connectivity index (χ0v) is 13.3. The molecule has 0 aromatic rings. The Morgan fingerprint density at radius 1 is 0.684 bits per heavy atom. The molecule has 0 aliphatic rings. The molecule has 2 nitrogen and oxygen atoms in total. The second-order valence-corrected chi connectivity index (χ2v) is 5.64. The molecule has 0 bridgehead atoms. The molecule has 0 rings (SSSR count). The summed E-state index contributed by atoms with van der Waals surface area (Å²) in [6.45, 7) is 5.33. The summed E-state index contributed by atoms with van der Waals surface area (Å²) in [4.78, 5) is 11.5. The first-order valence-electron chi connectivity index (χ1n) is 8.58. The van der Waals surface area contributed by atoms with Crippen molar-refractivity contribution >= 4 is 5.91 Å². The number of carbonyl (C=O) groups is 1. The number of hydrogen-bond acceptors (Lipinski definition) is 1. The van der Waals surface area contributed by atoms with Gasteiger partial charge >= 0.3 is 0 Å². The van der Waals surface area contributed by atoms with E-state index >= 15 is 0 Å². The summed E-state index contributed by atoms with van der Waals surface area (Å²) in [5.41, 5.74) is 0. The minimum absolute atomic E-state index is 0.249. The fourth-order valence-corrected chi connectivity index (χ4v) is 2.29. The molecule has 0 aliphatic heterocycles. The van der Waals surface area contributed by atoms with E-state index in [-0.39, 0.29) is 5.91 Å². The van der Waals surface area contributed by atoms with Crippen LogP contribution in [0, 0.1) is 0 Å². The lowest BCUT2D eigenvalue weighted by Crippen LogP contribution is -2.23. The summed E-state index contributed by atoms with van der Waals surface area (Å²) in [5.74, 6) is 0.249. The molecule has 0 fully saturated rings. The first kappa shape index (κ1) is 18.5. The van der Waals surface area contributed by atoms with Crippen molar-refractivity contribution in [2.75, 3.05) is 6.54 Å². The molecule has 0 aromatic heterocycles. The van der Waals surface area contributed by atoms with Crippen LogP contribution in [0.3, 0.4) is 0 Å². The van der Waals surface area contributed by atoms with E-state index in [9.17, 15) is 4.79 Å². The molecule has 0 radical (unpaired) electrons. The Hall–Kier alpha value is -0.530. The van der Waals surface area contributed by atoms with E-state index in [4.69, 9.17) is 0 Å². The molecule has 0 saturated carbocycles. The molecule has 2 heteroatoms. The van der Waals surface area contributed by atoms with Gasteiger partial charge in [0.25, 0.3) is 0 Å². The fourth-order valence-electron chi connectivity index (χ4n) is 2.29. The van der Waals surface area contributed by atoms with Crippen molar-refractivity contribution in [1.82, 2.24) is 5.32 Å². The van der Waals surface area contributed by atoms with Crippen LogP contribution < -0.4 is 5.32 Å². The van der Waals surface area contributed by atoms with E-state index in [2.05, 4.69) is 19.2 Å². The van der Waals surface area contributed by atoms with Crippen molar-refractivity contribution in [3.05, 3.63) is 0 Å². The minimum atomic E-state index is 0.249. The van der Waals surface area contributed by atoms with Crippen LogP contribution in [0.25, 0.3) is 0 Å². The van der Waals surface area contributed by atoms with Gasteiger partial charge in [-0.1, -0.05) is 78.1 Å². The highest BCUT2D eigenvalue weighted by Gasteiger charge is 1.99. The summed E-state index contributed by atoms with van der Waals surface area (Å²) in [6, 6.07) is 0. The number of carbonyl (C=O) groups excluding carboxylic acids is 1. The zero-order chi connectivity index (χ0) is 14.2. The van der Waals surface area contributed by atoms with Crippen molar-refractivity contribution in [3.8, 4) is 0 Å². The minimum Gasteiger partial charge on any atom is -0.356 e. The van der Waals surface area contributed by atoms with E-state index in [1.807, 2.05) is 0 Å². The van der Waals surface area contributed by atoms with Crippen molar-refractivity contribution in [2.24, 2.45) is 0 Å². The summed E-state index contributed by atoms with van der Waals surface area (Å²) in [5, 5.41) is 3.03. The molecule has 19 heavy (non-hydrogen) atoms. The standard InChI is InChI=1S/C17H35NO/c1-3-5-7-9-10-11-12-14-16-18-17(19)15-13-8-6-4-2/h3-16H2,1-2H3,(H,18,19). The second kappa shape index (κ2) is 15.5. The first-order chi connectivity index (χ1) is 9.31. The van der Waals surface area contributed by atoms with Gasteiger partial charge in [0.05, 0.1) is 0 Å². The molecule has 0 spiro atoms. The molecule has 1 N–H and O–H groups in total. The Kier molecular flexibility index (Phi) is 15.1. The van der Waals surface area contributed by atoms with Crippen LogP contribution >= 0.6 is 0 Å². The smallest absolute Gasteiger partial charge is 0.219 e. The molecular weight excluding hydrogens is 234 g/mol. The highest BCUT2D eigenvalue weighted by atomic mass is 16.1. The molecule has 0 saturated heterocycles. The average molecular weight is 269 g/mol. The van der Waals surface area contributed by atoms with Crippen molar-refractivity contribution in [2.45, 2.75) is 97.3 Å².